The highest BCUT2D eigenvalue weighted by atomic mass is 14.9. The Morgan fingerprint density at radius 1 is 1.11 bits per heavy atom. The molecule has 2 bridgehead atoms. The molecule has 1 nitrogen and oxygen atoms in total. The third-order valence-corrected chi connectivity index (χ3v) is 6.61. The van der Waals surface area contributed by atoms with Crippen molar-refractivity contribution >= 4 is 0 Å². The molecule has 18 heavy (non-hydrogen) atoms. The van der Waals surface area contributed by atoms with E-state index < -0.39 is 0 Å². The molecule has 3 saturated carbocycles. The van der Waals surface area contributed by atoms with E-state index in [0.29, 0.717) is 5.41 Å². The lowest BCUT2D eigenvalue weighted by Crippen LogP contribution is -2.44. The van der Waals surface area contributed by atoms with Crippen molar-refractivity contribution in [3.63, 3.8) is 0 Å². The maximum absolute atomic E-state index is 3.70. The Morgan fingerprint density at radius 3 is 2.44 bits per heavy atom. The second-order valence-electron chi connectivity index (χ2n) is 7.73. The first-order valence-electron chi connectivity index (χ1n) is 8.38. The zero-order valence-corrected chi connectivity index (χ0v) is 12.4. The van der Waals surface area contributed by atoms with E-state index in [9.17, 15) is 0 Å². The summed E-state index contributed by atoms with van der Waals surface area (Å²) < 4.78 is 0. The van der Waals surface area contributed by atoms with E-state index in [1.807, 2.05) is 0 Å². The van der Waals surface area contributed by atoms with Crippen LogP contribution in [-0.4, -0.2) is 13.1 Å². The Balaban J connectivity index is 1.62. The first-order chi connectivity index (χ1) is 8.71. The van der Waals surface area contributed by atoms with Crippen LogP contribution in [-0.2, 0) is 0 Å². The van der Waals surface area contributed by atoms with Gasteiger partial charge in [0.1, 0.15) is 0 Å². The van der Waals surface area contributed by atoms with Crippen LogP contribution in [0.25, 0.3) is 0 Å². The first kappa shape index (κ1) is 13.0. The minimum atomic E-state index is 0.592. The standard InChI is InChI=1S/C17H31N/c1-17(8-4-3-5-9-17)16(18-2)12-15-11-13-6-7-14(15)10-13/h13-16,18H,3-12H2,1-2H3. The Morgan fingerprint density at radius 2 is 1.89 bits per heavy atom. The second-order valence-corrected chi connectivity index (χ2v) is 7.73. The van der Waals surface area contributed by atoms with Gasteiger partial charge >= 0.3 is 0 Å². The largest absolute Gasteiger partial charge is 0.316 e. The molecule has 1 heteroatoms. The summed E-state index contributed by atoms with van der Waals surface area (Å²) in [5.74, 6) is 3.26. The van der Waals surface area contributed by atoms with Gasteiger partial charge < -0.3 is 5.32 Å². The van der Waals surface area contributed by atoms with Crippen molar-refractivity contribution in [3.05, 3.63) is 0 Å². The van der Waals surface area contributed by atoms with E-state index in [4.69, 9.17) is 0 Å². The van der Waals surface area contributed by atoms with Crippen molar-refractivity contribution in [3.8, 4) is 0 Å². The molecule has 4 atom stereocenters. The average molecular weight is 249 g/mol. The molecule has 1 N–H and O–H groups in total. The SMILES string of the molecule is CNC(CC1CC2CCC1C2)C1(C)CCCCC1. The van der Waals surface area contributed by atoms with Crippen molar-refractivity contribution in [1.82, 2.24) is 5.32 Å². The smallest absolute Gasteiger partial charge is 0.0121 e. The number of rotatable bonds is 4. The maximum atomic E-state index is 3.70. The molecule has 4 unspecified atom stereocenters. The van der Waals surface area contributed by atoms with Gasteiger partial charge in [-0.2, -0.15) is 0 Å². The fourth-order valence-electron chi connectivity index (χ4n) is 5.43. The van der Waals surface area contributed by atoms with Crippen LogP contribution in [0.15, 0.2) is 0 Å². The molecule has 0 heterocycles. The highest BCUT2D eigenvalue weighted by Gasteiger charge is 2.43. The molecule has 0 aromatic rings. The van der Waals surface area contributed by atoms with Crippen LogP contribution in [0.2, 0.25) is 0 Å². The van der Waals surface area contributed by atoms with E-state index in [0.717, 1.165) is 23.8 Å². The van der Waals surface area contributed by atoms with E-state index in [1.54, 1.807) is 25.7 Å². The Bertz CT molecular complexity index is 279. The molecule has 3 rings (SSSR count). The van der Waals surface area contributed by atoms with Gasteiger partial charge in [-0.05, 0) is 68.7 Å². The van der Waals surface area contributed by atoms with Crippen molar-refractivity contribution in [2.75, 3.05) is 7.05 Å². The molecular formula is C17H31N. The lowest BCUT2D eigenvalue weighted by atomic mass is 9.67. The molecule has 0 aromatic heterocycles. The molecular weight excluding hydrogens is 218 g/mol. The maximum Gasteiger partial charge on any atom is 0.0121 e. The van der Waals surface area contributed by atoms with E-state index in [2.05, 4.69) is 19.3 Å². The van der Waals surface area contributed by atoms with Crippen LogP contribution in [0.5, 0.6) is 0 Å². The number of hydrogen-bond acceptors (Lipinski definition) is 1. The molecule has 3 aliphatic rings. The summed E-state index contributed by atoms with van der Waals surface area (Å²) in [5, 5.41) is 3.70. The number of hydrogen-bond donors (Lipinski definition) is 1. The fraction of sp³-hybridized carbons (Fsp3) is 1.00. The number of fused-ring (bicyclic) bond motifs is 2. The van der Waals surface area contributed by atoms with E-state index in [-0.39, 0.29) is 0 Å². The number of nitrogens with one attached hydrogen (secondary N) is 1. The third kappa shape index (κ3) is 2.35. The molecule has 0 spiro atoms. The van der Waals surface area contributed by atoms with E-state index in [1.165, 1.54) is 38.5 Å². The topological polar surface area (TPSA) is 12.0 Å². The summed E-state index contributed by atoms with van der Waals surface area (Å²) in [6.45, 7) is 2.56. The Hall–Kier alpha value is -0.0400. The molecule has 0 amide bonds. The third-order valence-electron chi connectivity index (χ3n) is 6.61. The van der Waals surface area contributed by atoms with Crippen LogP contribution in [0.1, 0.15) is 71.1 Å². The predicted octanol–water partition coefficient (Wildman–Crippen LogP) is 4.37. The molecule has 0 aliphatic heterocycles. The summed E-state index contributed by atoms with van der Waals surface area (Å²) in [6.07, 6.45) is 15.0. The van der Waals surface area contributed by atoms with Crippen molar-refractivity contribution in [2.45, 2.75) is 77.2 Å². The fourth-order valence-corrected chi connectivity index (χ4v) is 5.43. The first-order valence-corrected chi connectivity index (χ1v) is 8.38. The second kappa shape index (κ2) is 5.15. The van der Waals surface area contributed by atoms with Gasteiger partial charge in [0.2, 0.25) is 0 Å². The zero-order valence-electron chi connectivity index (χ0n) is 12.4. The van der Waals surface area contributed by atoms with Crippen LogP contribution < -0.4 is 5.32 Å². The minimum absolute atomic E-state index is 0.592. The average Bonchev–Trinajstić information content (AvgIpc) is 2.98. The van der Waals surface area contributed by atoms with Gasteiger partial charge in [0.05, 0.1) is 0 Å². The highest BCUT2D eigenvalue weighted by molar-refractivity contribution is 4.96. The van der Waals surface area contributed by atoms with Crippen molar-refractivity contribution in [2.24, 2.45) is 23.2 Å². The predicted molar refractivity (Wildman–Crippen MR) is 77.6 cm³/mol. The lowest BCUT2D eigenvalue weighted by molar-refractivity contribution is 0.119. The van der Waals surface area contributed by atoms with Crippen LogP contribution in [0, 0.1) is 23.2 Å². The molecule has 3 fully saturated rings. The van der Waals surface area contributed by atoms with Gasteiger partial charge in [-0.1, -0.05) is 32.6 Å². The normalized spacial score (nSPS) is 40.0. The summed E-state index contributed by atoms with van der Waals surface area (Å²) in [7, 11) is 2.21. The molecule has 0 aromatic carbocycles. The van der Waals surface area contributed by atoms with E-state index >= 15 is 0 Å². The van der Waals surface area contributed by atoms with Crippen molar-refractivity contribution < 1.29 is 0 Å². The van der Waals surface area contributed by atoms with Gasteiger partial charge in [-0.15, -0.1) is 0 Å². The van der Waals surface area contributed by atoms with Crippen LogP contribution >= 0.6 is 0 Å². The minimum Gasteiger partial charge on any atom is -0.316 e. The van der Waals surface area contributed by atoms with Crippen molar-refractivity contribution in [1.29, 1.82) is 0 Å². The van der Waals surface area contributed by atoms with Crippen LogP contribution in [0.3, 0.4) is 0 Å². The molecule has 0 radical (unpaired) electrons. The Labute approximate surface area is 113 Å². The van der Waals surface area contributed by atoms with Gasteiger partial charge in [0, 0.05) is 6.04 Å². The summed E-state index contributed by atoms with van der Waals surface area (Å²) >= 11 is 0. The van der Waals surface area contributed by atoms with Gasteiger partial charge in [-0.25, -0.2) is 0 Å². The van der Waals surface area contributed by atoms with Gasteiger partial charge in [0.25, 0.3) is 0 Å². The molecule has 3 aliphatic carbocycles. The molecule has 104 valence electrons. The van der Waals surface area contributed by atoms with Crippen LogP contribution in [0.4, 0.5) is 0 Å². The highest BCUT2D eigenvalue weighted by Crippen LogP contribution is 2.51. The Kier molecular flexibility index (Phi) is 3.71. The van der Waals surface area contributed by atoms with Gasteiger partial charge in [-0.3, -0.25) is 0 Å². The lowest BCUT2D eigenvalue weighted by Gasteiger charge is -2.42. The summed E-state index contributed by atoms with van der Waals surface area (Å²) in [5.41, 5.74) is 0.592. The zero-order chi connectivity index (χ0) is 12.6. The summed E-state index contributed by atoms with van der Waals surface area (Å²) in [6, 6.07) is 0.780. The van der Waals surface area contributed by atoms with Gasteiger partial charge in [0.15, 0.2) is 0 Å². The summed E-state index contributed by atoms with van der Waals surface area (Å²) in [4.78, 5) is 0. The quantitative estimate of drug-likeness (QED) is 0.780. The monoisotopic (exact) mass is 249 g/mol. The molecule has 0 saturated heterocycles.